The summed E-state index contributed by atoms with van der Waals surface area (Å²) >= 11 is 6.11. The van der Waals surface area contributed by atoms with E-state index in [-0.39, 0.29) is 46.9 Å². The van der Waals surface area contributed by atoms with Gasteiger partial charge in [-0.25, -0.2) is 8.42 Å². The van der Waals surface area contributed by atoms with E-state index in [1.807, 2.05) is 18.2 Å². The second-order valence-corrected chi connectivity index (χ2v) is 9.51. The number of para-hydroxylation sites is 1. The summed E-state index contributed by atoms with van der Waals surface area (Å²) in [4.78, 5) is 10.7. The minimum Gasteiger partial charge on any atom is -0.550 e. The molecular weight excluding hydrogens is 435 g/mol. The van der Waals surface area contributed by atoms with Gasteiger partial charge in [0.25, 0.3) is 10.0 Å². The van der Waals surface area contributed by atoms with Crippen LogP contribution in [0.25, 0.3) is 0 Å². The molecule has 2 aromatic rings. The number of carboxylic acid groups (broad SMARTS) is 1. The van der Waals surface area contributed by atoms with E-state index in [0.717, 1.165) is 24.8 Å². The van der Waals surface area contributed by atoms with Gasteiger partial charge in [0.05, 0.1) is 16.6 Å². The summed E-state index contributed by atoms with van der Waals surface area (Å²) in [5.41, 5.74) is 2.19. The van der Waals surface area contributed by atoms with E-state index in [4.69, 9.17) is 11.6 Å². The Morgan fingerprint density at radius 3 is 2.53 bits per heavy atom. The number of hydrogen-bond acceptors (Lipinski definition) is 5. The second-order valence-electron chi connectivity index (χ2n) is 7.14. The summed E-state index contributed by atoms with van der Waals surface area (Å²) in [5, 5.41) is 14.3. The SMILES string of the molecule is CN1c2ccccc2[C@H](NCCCCCCC(=O)[O-])c2ccc(Cl)cc2S1(=O)=O.[Na+]. The molecule has 0 spiro atoms. The van der Waals surface area contributed by atoms with Crippen molar-refractivity contribution in [1.82, 2.24) is 5.32 Å². The molecular formula is C21H24ClN2NaO4S. The number of rotatable bonds is 8. The van der Waals surface area contributed by atoms with Gasteiger partial charge in [-0.3, -0.25) is 4.31 Å². The van der Waals surface area contributed by atoms with Crippen LogP contribution in [-0.2, 0) is 14.8 Å². The van der Waals surface area contributed by atoms with E-state index in [2.05, 4.69) is 5.32 Å². The maximum atomic E-state index is 13.2. The fraction of sp³-hybridized carbons (Fsp3) is 0.381. The second kappa shape index (κ2) is 11.0. The fourth-order valence-electron chi connectivity index (χ4n) is 3.65. The van der Waals surface area contributed by atoms with Crippen molar-refractivity contribution in [3.8, 4) is 0 Å². The zero-order valence-electron chi connectivity index (χ0n) is 17.2. The van der Waals surface area contributed by atoms with Crippen molar-refractivity contribution in [2.45, 2.75) is 43.0 Å². The van der Waals surface area contributed by atoms with Crippen LogP contribution in [0.2, 0.25) is 5.02 Å². The molecule has 0 aromatic heterocycles. The Morgan fingerprint density at radius 2 is 1.80 bits per heavy atom. The first-order chi connectivity index (χ1) is 13.8. The molecule has 30 heavy (non-hydrogen) atoms. The van der Waals surface area contributed by atoms with Gasteiger partial charge >= 0.3 is 29.6 Å². The zero-order chi connectivity index (χ0) is 21.0. The van der Waals surface area contributed by atoms with Crippen LogP contribution in [-0.4, -0.2) is 28.0 Å². The van der Waals surface area contributed by atoms with Crippen molar-refractivity contribution in [3.63, 3.8) is 0 Å². The molecule has 0 aliphatic carbocycles. The smallest absolute Gasteiger partial charge is 0.550 e. The van der Waals surface area contributed by atoms with Crippen molar-refractivity contribution in [2.75, 3.05) is 17.9 Å². The molecule has 6 nitrogen and oxygen atoms in total. The summed E-state index contributed by atoms with van der Waals surface area (Å²) in [6, 6.07) is 12.1. The Labute approximate surface area is 205 Å². The number of carbonyl (C=O) groups excluding carboxylic acids is 1. The van der Waals surface area contributed by atoms with Crippen LogP contribution >= 0.6 is 11.6 Å². The molecule has 9 heteroatoms. The summed E-state index contributed by atoms with van der Waals surface area (Å²) < 4.78 is 27.7. The van der Waals surface area contributed by atoms with E-state index in [0.29, 0.717) is 29.2 Å². The Balaban J connectivity index is 0.00000320. The average molecular weight is 459 g/mol. The van der Waals surface area contributed by atoms with Gasteiger partial charge in [0.2, 0.25) is 0 Å². The number of benzene rings is 2. The number of halogens is 1. The van der Waals surface area contributed by atoms with Gasteiger partial charge in [-0.2, -0.15) is 0 Å². The van der Waals surface area contributed by atoms with Crippen molar-refractivity contribution < 1.29 is 47.9 Å². The topological polar surface area (TPSA) is 89.5 Å². The predicted octanol–water partition coefficient (Wildman–Crippen LogP) is -0.138. The molecule has 1 heterocycles. The fourth-order valence-corrected chi connectivity index (χ4v) is 5.36. The third-order valence-corrected chi connectivity index (χ3v) is 7.23. The first-order valence-corrected chi connectivity index (χ1v) is 11.4. The minimum atomic E-state index is -3.73. The maximum absolute atomic E-state index is 13.2. The number of sulfonamides is 1. The Morgan fingerprint density at radius 1 is 1.10 bits per heavy atom. The molecule has 2 aromatic carbocycles. The van der Waals surface area contributed by atoms with E-state index in [9.17, 15) is 18.3 Å². The molecule has 1 atom stereocenters. The van der Waals surface area contributed by atoms with Crippen molar-refractivity contribution in [2.24, 2.45) is 0 Å². The number of nitrogens with one attached hydrogen (secondary N) is 1. The first-order valence-electron chi connectivity index (χ1n) is 9.63. The third-order valence-electron chi connectivity index (χ3n) is 5.17. The van der Waals surface area contributed by atoms with Crippen LogP contribution in [0.3, 0.4) is 0 Å². The summed E-state index contributed by atoms with van der Waals surface area (Å²) in [7, 11) is -2.18. The van der Waals surface area contributed by atoms with Gasteiger partial charge in [0.1, 0.15) is 0 Å². The number of unbranched alkanes of at least 4 members (excludes halogenated alkanes) is 3. The number of hydrogen-bond donors (Lipinski definition) is 1. The quantitative estimate of drug-likeness (QED) is 0.439. The van der Waals surface area contributed by atoms with Crippen LogP contribution in [0.5, 0.6) is 0 Å². The van der Waals surface area contributed by atoms with Gasteiger partial charge in [0.15, 0.2) is 0 Å². The maximum Gasteiger partial charge on any atom is 1.00 e. The number of carboxylic acids is 1. The number of anilines is 1. The van der Waals surface area contributed by atoms with E-state index in [1.165, 1.54) is 10.4 Å². The van der Waals surface area contributed by atoms with Crippen LogP contribution in [0, 0.1) is 0 Å². The molecule has 0 saturated heterocycles. The molecule has 1 aliphatic rings. The first kappa shape index (κ1) is 25.2. The summed E-state index contributed by atoms with van der Waals surface area (Å²) in [6.45, 7) is 0.677. The summed E-state index contributed by atoms with van der Waals surface area (Å²) in [5.74, 6) is -1.02. The van der Waals surface area contributed by atoms with E-state index < -0.39 is 16.0 Å². The Bertz CT molecular complexity index is 1000. The van der Waals surface area contributed by atoms with Gasteiger partial charge in [-0.1, -0.05) is 48.7 Å². The molecule has 0 saturated carbocycles. The third kappa shape index (κ3) is 5.58. The van der Waals surface area contributed by atoms with Gasteiger partial charge in [-0.05, 0) is 55.1 Å². The Kier molecular flexibility index (Phi) is 9.21. The number of nitrogens with zero attached hydrogens (tertiary/aromatic N) is 1. The molecule has 1 aliphatic heterocycles. The minimum absolute atomic E-state index is 0. The summed E-state index contributed by atoms with van der Waals surface area (Å²) in [6.07, 6.45) is 3.26. The molecule has 1 N–H and O–H groups in total. The average Bonchev–Trinajstić information content (AvgIpc) is 2.75. The molecule has 0 amide bonds. The number of aliphatic carboxylic acids is 1. The standard InChI is InChI=1S/C21H25ClN2O4S.Na/c1-24-18-9-6-5-8-16(18)21(23-13-7-3-2-4-10-20(25)26)17-12-11-15(22)14-19(17)29(24,27)28;/h5-6,8-9,11-12,14,21,23H,2-4,7,10,13H2,1H3,(H,25,26);/q;+1/p-1/t21-;/m0./s1. The Hall–Kier alpha value is -1.09. The van der Waals surface area contributed by atoms with Gasteiger partial charge in [0, 0.05) is 18.0 Å². The van der Waals surface area contributed by atoms with E-state index >= 15 is 0 Å². The molecule has 0 bridgehead atoms. The van der Waals surface area contributed by atoms with Crippen molar-refractivity contribution >= 4 is 33.3 Å². The zero-order valence-corrected chi connectivity index (χ0v) is 20.8. The molecule has 3 rings (SSSR count). The predicted molar refractivity (Wildman–Crippen MR) is 111 cm³/mol. The van der Waals surface area contributed by atoms with Crippen molar-refractivity contribution in [1.29, 1.82) is 0 Å². The molecule has 0 fully saturated rings. The number of fused-ring (bicyclic) bond motifs is 2. The molecule has 0 radical (unpaired) electrons. The van der Waals surface area contributed by atoms with E-state index in [1.54, 1.807) is 25.2 Å². The molecule has 156 valence electrons. The van der Waals surface area contributed by atoms with Crippen LogP contribution < -0.4 is 44.3 Å². The molecule has 0 unspecified atom stereocenters. The van der Waals surface area contributed by atoms with Crippen LogP contribution in [0.1, 0.15) is 49.3 Å². The van der Waals surface area contributed by atoms with Gasteiger partial charge in [-0.15, -0.1) is 0 Å². The normalized spacial score (nSPS) is 16.7. The van der Waals surface area contributed by atoms with Crippen LogP contribution in [0.15, 0.2) is 47.4 Å². The van der Waals surface area contributed by atoms with Gasteiger partial charge < -0.3 is 15.2 Å². The van der Waals surface area contributed by atoms with Crippen LogP contribution in [0.4, 0.5) is 5.69 Å². The largest absolute Gasteiger partial charge is 1.00 e. The van der Waals surface area contributed by atoms with Crippen molar-refractivity contribution in [3.05, 3.63) is 58.6 Å². The number of carbonyl (C=O) groups is 1. The monoisotopic (exact) mass is 458 g/mol.